The number of urea groups is 1. The summed E-state index contributed by atoms with van der Waals surface area (Å²) in [7, 11) is 2.97. The van der Waals surface area contributed by atoms with Crippen LogP contribution in [0.4, 0.5) is 16.2 Å². The van der Waals surface area contributed by atoms with Gasteiger partial charge in [-0.15, -0.1) is 10.2 Å². The lowest BCUT2D eigenvalue weighted by molar-refractivity contribution is 0.0997. The zero-order chi connectivity index (χ0) is 26.1. The maximum atomic E-state index is 12.4. The van der Waals surface area contributed by atoms with Gasteiger partial charge in [-0.05, 0) is 48.5 Å². The number of halogens is 1. The third kappa shape index (κ3) is 4.55. The molecule has 0 unspecified atom stereocenters. The van der Waals surface area contributed by atoms with Gasteiger partial charge in [-0.25, -0.2) is 4.79 Å². The molecule has 0 aliphatic rings. The largest absolute Gasteiger partial charge is 0.496 e. The van der Waals surface area contributed by atoms with E-state index < -0.39 is 11.9 Å². The van der Waals surface area contributed by atoms with Gasteiger partial charge in [0, 0.05) is 23.0 Å². The van der Waals surface area contributed by atoms with Crippen molar-refractivity contribution in [3.8, 4) is 22.9 Å². The van der Waals surface area contributed by atoms with Crippen molar-refractivity contribution >= 4 is 51.6 Å². The summed E-state index contributed by atoms with van der Waals surface area (Å²) in [6.07, 6.45) is 1.58. The van der Waals surface area contributed by atoms with E-state index in [1.807, 2.05) is 0 Å². The smallest absolute Gasteiger partial charge is 0.323 e. The van der Waals surface area contributed by atoms with Crippen molar-refractivity contribution in [2.24, 2.45) is 5.73 Å². The number of benzene rings is 3. The topological polar surface area (TPSA) is 146 Å². The molecule has 0 aliphatic carbocycles. The summed E-state index contributed by atoms with van der Waals surface area (Å²) in [5.41, 5.74) is 9.21. The SMILES string of the molecule is COc1ccc(NC(=O)Nc2ccc(-c3nnc4cnc5cc(OC)c(C(N)=O)cc5n34)cc2)cc1Cl. The summed E-state index contributed by atoms with van der Waals surface area (Å²) in [5.74, 6) is 0.729. The monoisotopic (exact) mass is 517 g/mol. The van der Waals surface area contributed by atoms with Crippen LogP contribution in [-0.4, -0.2) is 45.7 Å². The summed E-state index contributed by atoms with van der Waals surface area (Å²) in [6.45, 7) is 0. The van der Waals surface area contributed by atoms with Crippen molar-refractivity contribution in [3.05, 3.63) is 71.4 Å². The van der Waals surface area contributed by atoms with Gasteiger partial charge in [-0.1, -0.05) is 11.6 Å². The number of hydrogen-bond acceptors (Lipinski definition) is 7. The Morgan fingerprint density at radius 1 is 0.919 bits per heavy atom. The molecule has 4 N–H and O–H groups in total. The van der Waals surface area contributed by atoms with Crippen molar-refractivity contribution in [1.29, 1.82) is 0 Å². The van der Waals surface area contributed by atoms with Crippen LogP contribution in [0.25, 0.3) is 28.1 Å². The molecular weight excluding hydrogens is 498 g/mol. The zero-order valence-corrected chi connectivity index (χ0v) is 20.4. The first-order valence-corrected chi connectivity index (χ1v) is 11.3. The normalized spacial score (nSPS) is 10.9. The predicted octanol–water partition coefficient (Wildman–Crippen LogP) is 4.36. The molecule has 186 valence electrons. The van der Waals surface area contributed by atoms with E-state index in [1.54, 1.807) is 65.2 Å². The van der Waals surface area contributed by atoms with Crippen molar-refractivity contribution < 1.29 is 19.1 Å². The Bertz CT molecular complexity index is 1670. The third-order valence-corrected chi connectivity index (χ3v) is 5.92. The van der Waals surface area contributed by atoms with Gasteiger partial charge in [-0.3, -0.25) is 14.2 Å². The number of fused-ring (bicyclic) bond motifs is 3. The van der Waals surface area contributed by atoms with E-state index in [9.17, 15) is 9.59 Å². The molecule has 0 radical (unpaired) electrons. The predicted molar refractivity (Wildman–Crippen MR) is 139 cm³/mol. The van der Waals surface area contributed by atoms with Gasteiger partial charge in [0.05, 0.1) is 42.0 Å². The number of primary amides is 1. The number of ether oxygens (including phenoxy) is 2. The van der Waals surface area contributed by atoms with Crippen LogP contribution in [0.3, 0.4) is 0 Å². The summed E-state index contributed by atoms with van der Waals surface area (Å²) in [5, 5.41) is 14.4. The number of anilines is 2. The average molecular weight is 518 g/mol. The highest BCUT2D eigenvalue weighted by Crippen LogP contribution is 2.29. The fraction of sp³-hybridized carbons (Fsp3) is 0.0800. The van der Waals surface area contributed by atoms with Crippen LogP contribution in [0.2, 0.25) is 5.02 Å². The van der Waals surface area contributed by atoms with Crippen LogP contribution in [-0.2, 0) is 0 Å². The summed E-state index contributed by atoms with van der Waals surface area (Å²) >= 11 is 6.11. The van der Waals surface area contributed by atoms with Crippen LogP contribution in [0, 0.1) is 0 Å². The molecule has 3 amide bonds. The van der Waals surface area contributed by atoms with Gasteiger partial charge in [0.15, 0.2) is 11.5 Å². The standard InChI is InChI=1S/C25H20ClN7O4/c1-36-20-8-7-15(9-17(20)26)30-25(35)29-14-5-3-13(4-6-14)24-32-31-22-12-28-18-11-21(37-2)16(23(27)34)10-19(18)33(22)24/h3-12H,1-2H3,(H2,27,34)(H2,29,30,35). The second-order valence-electron chi connectivity index (χ2n) is 7.89. The lowest BCUT2D eigenvalue weighted by Gasteiger charge is -2.11. The number of amides is 3. The third-order valence-electron chi connectivity index (χ3n) is 5.62. The van der Waals surface area contributed by atoms with Crippen LogP contribution >= 0.6 is 11.6 Å². The lowest BCUT2D eigenvalue weighted by Crippen LogP contribution is -2.19. The number of aromatic nitrogens is 4. The van der Waals surface area contributed by atoms with Gasteiger partial charge >= 0.3 is 6.03 Å². The van der Waals surface area contributed by atoms with Crippen molar-refractivity contribution in [3.63, 3.8) is 0 Å². The van der Waals surface area contributed by atoms with E-state index in [2.05, 4.69) is 25.8 Å². The molecule has 5 rings (SSSR count). The van der Waals surface area contributed by atoms with Crippen molar-refractivity contribution in [1.82, 2.24) is 19.6 Å². The Kier molecular flexibility index (Phi) is 6.20. The second-order valence-corrected chi connectivity index (χ2v) is 8.29. The molecule has 37 heavy (non-hydrogen) atoms. The Morgan fingerprint density at radius 3 is 2.30 bits per heavy atom. The van der Waals surface area contributed by atoms with Crippen LogP contribution in [0.5, 0.6) is 11.5 Å². The maximum Gasteiger partial charge on any atom is 0.323 e. The Hall–Kier alpha value is -4.90. The van der Waals surface area contributed by atoms with Gasteiger partial charge in [0.2, 0.25) is 0 Å². The van der Waals surface area contributed by atoms with E-state index >= 15 is 0 Å². The number of nitrogens with zero attached hydrogens (tertiary/aromatic N) is 4. The van der Waals surface area contributed by atoms with Crippen LogP contribution < -0.4 is 25.8 Å². The first kappa shape index (κ1) is 23.8. The Balaban J connectivity index is 1.42. The highest BCUT2D eigenvalue weighted by molar-refractivity contribution is 6.32. The molecule has 12 heteroatoms. The molecule has 2 aromatic heterocycles. The van der Waals surface area contributed by atoms with Crippen LogP contribution in [0.15, 0.2) is 60.8 Å². The minimum Gasteiger partial charge on any atom is -0.496 e. The minimum atomic E-state index is -0.629. The number of hydrogen-bond donors (Lipinski definition) is 3. The molecule has 5 aromatic rings. The fourth-order valence-electron chi connectivity index (χ4n) is 3.87. The quantitative estimate of drug-likeness (QED) is 0.303. The molecule has 0 atom stereocenters. The average Bonchev–Trinajstić information content (AvgIpc) is 3.33. The molecule has 2 heterocycles. The number of carbonyl (C=O) groups is 2. The van der Waals surface area contributed by atoms with Gasteiger partial charge in [-0.2, -0.15) is 0 Å². The summed E-state index contributed by atoms with van der Waals surface area (Å²) in [6, 6.07) is 14.8. The van der Waals surface area contributed by atoms with E-state index in [0.29, 0.717) is 50.4 Å². The molecule has 3 aromatic carbocycles. The number of carbonyl (C=O) groups excluding carboxylic acids is 2. The highest BCUT2D eigenvalue weighted by Gasteiger charge is 2.17. The first-order valence-electron chi connectivity index (χ1n) is 10.9. The highest BCUT2D eigenvalue weighted by atomic mass is 35.5. The number of methoxy groups -OCH3 is 2. The Morgan fingerprint density at radius 2 is 1.62 bits per heavy atom. The van der Waals surface area contributed by atoms with Crippen LogP contribution in [0.1, 0.15) is 10.4 Å². The maximum absolute atomic E-state index is 12.4. The lowest BCUT2D eigenvalue weighted by atomic mass is 10.1. The number of rotatable bonds is 6. The summed E-state index contributed by atoms with van der Waals surface area (Å²) < 4.78 is 12.2. The minimum absolute atomic E-state index is 0.215. The molecule has 0 saturated carbocycles. The van der Waals surface area contributed by atoms with Gasteiger partial charge in [0.25, 0.3) is 5.91 Å². The molecular formula is C25H20ClN7O4. The second kappa shape index (κ2) is 9.63. The van der Waals surface area contributed by atoms with E-state index in [1.165, 1.54) is 14.2 Å². The molecule has 11 nitrogen and oxygen atoms in total. The molecule has 0 fully saturated rings. The number of nitrogens with one attached hydrogen (secondary N) is 2. The zero-order valence-electron chi connectivity index (χ0n) is 19.7. The van der Waals surface area contributed by atoms with Crippen molar-refractivity contribution in [2.45, 2.75) is 0 Å². The van der Waals surface area contributed by atoms with Crippen molar-refractivity contribution in [2.75, 3.05) is 24.9 Å². The summed E-state index contributed by atoms with van der Waals surface area (Å²) in [4.78, 5) is 28.8. The first-order chi connectivity index (χ1) is 17.9. The Labute approximate surface area is 215 Å². The fourth-order valence-corrected chi connectivity index (χ4v) is 4.13. The van der Waals surface area contributed by atoms with E-state index in [-0.39, 0.29) is 5.56 Å². The molecule has 0 saturated heterocycles. The molecule has 0 aliphatic heterocycles. The molecule has 0 spiro atoms. The molecule has 0 bridgehead atoms. The van der Waals surface area contributed by atoms with Gasteiger partial charge < -0.3 is 25.8 Å². The number of nitrogens with two attached hydrogens (primary N) is 1. The van der Waals surface area contributed by atoms with Gasteiger partial charge in [0.1, 0.15) is 11.5 Å². The van der Waals surface area contributed by atoms with E-state index in [0.717, 1.165) is 5.56 Å². The van der Waals surface area contributed by atoms with E-state index in [4.69, 9.17) is 26.8 Å².